The van der Waals surface area contributed by atoms with Crippen LogP contribution in [-0.4, -0.2) is 24.7 Å². The minimum atomic E-state index is -0.989. The number of hydrogen-bond donors (Lipinski definition) is 2. The van der Waals surface area contributed by atoms with Crippen LogP contribution >= 0.6 is 12.2 Å². The summed E-state index contributed by atoms with van der Waals surface area (Å²) in [6.07, 6.45) is 0. The minimum Gasteiger partial charge on any atom is -0.479 e. The monoisotopic (exact) mass is 422 g/mol. The summed E-state index contributed by atoms with van der Waals surface area (Å²) in [7, 11) is 1.83. The number of rotatable bonds is 9. The second-order valence-corrected chi connectivity index (χ2v) is 8.03. The summed E-state index contributed by atoms with van der Waals surface area (Å²) in [5.74, 6) is -0.989. The molecule has 3 rings (SSSR count). The molecule has 0 fully saturated rings. The highest BCUT2D eigenvalue weighted by Crippen LogP contribution is 2.28. The molecule has 0 atom stereocenters. The zero-order valence-corrected chi connectivity index (χ0v) is 18.2. The molecule has 2 N–H and O–H groups in total. The average Bonchev–Trinajstić information content (AvgIpc) is 2.74. The van der Waals surface area contributed by atoms with Crippen molar-refractivity contribution in [2.75, 3.05) is 23.3 Å². The lowest BCUT2D eigenvalue weighted by molar-refractivity contribution is -0.138. The number of benzene rings is 3. The predicted molar refractivity (Wildman–Crippen MR) is 125 cm³/mol. The van der Waals surface area contributed by atoms with Crippen molar-refractivity contribution in [2.24, 2.45) is 0 Å². The normalized spacial score (nSPS) is 10.6. The van der Waals surface area contributed by atoms with Gasteiger partial charge in [0.25, 0.3) is 0 Å². The van der Waals surface area contributed by atoms with Gasteiger partial charge in [0.05, 0.1) is 0 Å². The lowest BCUT2D eigenvalue weighted by Gasteiger charge is -2.17. The number of aryl methyl sites for hydroxylation is 2. The Morgan fingerprint density at radius 1 is 1.00 bits per heavy atom. The largest absolute Gasteiger partial charge is 0.479 e. The van der Waals surface area contributed by atoms with Crippen LogP contribution < -0.4 is 9.62 Å². The highest BCUT2D eigenvalue weighted by atomic mass is 32.2. The van der Waals surface area contributed by atoms with E-state index in [1.165, 1.54) is 27.8 Å². The molecule has 3 aromatic rings. The molecule has 3 aromatic carbocycles. The smallest absolute Gasteiger partial charge is 0.331 e. The molecule has 156 valence electrons. The third kappa shape index (κ3) is 5.78. The van der Waals surface area contributed by atoms with Gasteiger partial charge in [-0.15, -0.1) is 0 Å². The molecule has 0 aromatic heterocycles. The zero-order valence-electron chi connectivity index (χ0n) is 17.4. The van der Waals surface area contributed by atoms with Crippen molar-refractivity contribution >= 4 is 29.6 Å². The fraction of sp³-hybridized carbons (Fsp3) is 0.208. The van der Waals surface area contributed by atoms with E-state index in [-0.39, 0.29) is 6.61 Å². The van der Waals surface area contributed by atoms with E-state index >= 15 is 0 Å². The summed E-state index contributed by atoms with van der Waals surface area (Å²) in [4.78, 5) is 10.5. The number of carboxylic acids is 1. The van der Waals surface area contributed by atoms with Gasteiger partial charge < -0.3 is 10.4 Å². The molecule has 0 unspecified atom stereocenters. The summed E-state index contributed by atoms with van der Waals surface area (Å²) in [6, 6.07) is 23.0. The lowest BCUT2D eigenvalue weighted by atomic mass is 9.95. The Morgan fingerprint density at radius 2 is 1.70 bits per heavy atom. The van der Waals surface area contributed by atoms with E-state index in [1.807, 2.05) is 31.3 Å². The van der Waals surface area contributed by atoms with Gasteiger partial charge in [0.15, 0.2) is 6.61 Å². The third-order valence-corrected chi connectivity index (χ3v) is 5.47. The van der Waals surface area contributed by atoms with Crippen LogP contribution in [0.2, 0.25) is 0 Å². The van der Waals surface area contributed by atoms with Gasteiger partial charge in [-0.05, 0) is 72.0 Å². The van der Waals surface area contributed by atoms with Crippen molar-refractivity contribution < 1.29 is 14.1 Å². The van der Waals surface area contributed by atoms with Gasteiger partial charge in [-0.2, -0.15) is 0 Å². The number of carboxylic acid groups (broad SMARTS) is 1. The van der Waals surface area contributed by atoms with Crippen molar-refractivity contribution in [3.63, 3.8) is 0 Å². The molecule has 0 heterocycles. The second kappa shape index (κ2) is 10.2. The van der Waals surface area contributed by atoms with E-state index in [4.69, 9.17) is 9.29 Å². The molecular formula is C24H26N2O3S. The van der Waals surface area contributed by atoms with Gasteiger partial charge in [0.2, 0.25) is 0 Å². The number of nitrogens with zero attached hydrogens (tertiary/aromatic N) is 1. The summed E-state index contributed by atoms with van der Waals surface area (Å²) in [6.45, 7) is 4.68. The first-order valence-electron chi connectivity index (χ1n) is 9.68. The molecule has 0 radical (unpaired) electrons. The summed E-state index contributed by atoms with van der Waals surface area (Å²) >= 11 is 1.01. The molecular weight excluding hydrogens is 396 g/mol. The Bertz CT molecular complexity index is 1010. The molecule has 0 saturated heterocycles. The molecule has 0 amide bonds. The third-order valence-electron chi connectivity index (χ3n) is 4.81. The van der Waals surface area contributed by atoms with Crippen molar-refractivity contribution in [1.29, 1.82) is 0 Å². The van der Waals surface area contributed by atoms with E-state index in [2.05, 4.69) is 61.6 Å². The van der Waals surface area contributed by atoms with Crippen LogP contribution in [0.1, 0.15) is 16.7 Å². The Labute approximate surface area is 182 Å². The van der Waals surface area contributed by atoms with Crippen LogP contribution in [0.15, 0.2) is 66.7 Å². The number of anilines is 2. The van der Waals surface area contributed by atoms with Gasteiger partial charge in [-0.25, -0.2) is 4.79 Å². The Balaban J connectivity index is 1.63. The maximum Gasteiger partial charge on any atom is 0.331 e. The summed E-state index contributed by atoms with van der Waals surface area (Å²) in [5.41, 5.74) is 8.24. The molecule has 0 spiro atoms. The Kier molecular flexibility index (Phi) is 7.38. The summed E-state index contributed by atoms with van der Waals surface area (Å²) < 4.78 is 6.82. The van der Waals surface area contributed by atoms with Gasteiger partial charge in [-0.3, -0.25) is 8.49 Å². The molecule has 30 heavy (non-hydrogen) atoms. The summed E-state index contributed by atoms with van der Waals surface area (Å²) in [5, 5.41) is 12.1. The highest BCUT2D eigenvalue weighted by Gasteiger charge is 2.07. The van der Waals surface area contributed by atoms with Crippen molar-refractivity contribution in [3.8, 4) is 11.1 Å². The van der Waals surface area contributed by atoms with Crippen LogP contribution in [-0.2, 0) is 15.5 Å². The molecule has 0 aliphatic heterocycles. The number of hydrogen-bond acceptors (Lipinski definition) is 5. The van der Waals surface area contributed by atoms with E-state index < -0.39 is 5.97 Å². The molecule has 0 bridgehead atoms. The quantitative estimate of drug-likeness (QED) is 0.342. The first kappa shape index (κ1) is 21.7. The van der Waals surface area contributed by atoms with Crippen LogP contribution in [0.3, 0.4) is 0 Å². The van der Waals surface area contributed by atoms with E-state index in [9.17, 15) is 4.79 Å². The fourth-order valence-corrected chi connectivity index (χ4v) is 3.66. The molecule has 5 nitrogen and oxygen atoms in total. The van der Waals surface area contributed by atoms with Gasteiger partial charge in [-0.1, -0.05) is 36.4 Å². The maximum atomic E-state index is 10.5. The molecule has 0 saturated carbocycles. The average molecular weight is 423 g/mol. The number of aliphatic carboxylic acids is 1. The maximum absolute atomic E-state index is 10.5. The topological polar surface area (TPSA) is 61.8 Å². The Morgan fingerprint density at radius 3 is 2.40 bits per heavy atom. The van der Waals surface area contributed by atoms with Gasteiger partial charge in [0.1, 0.15) is 12.2 Å². The van der Waals surface area contributed by atoms with E-state index in [1.54, 1.807) is 4.31 Å². The van der Waals surface area contributed by atoms with Crippen LogP contribution in [0.4, 0.5) is 11.4 Å². The first-order valence-corrected chi connectivity index (χ1v) is 10.4. The van der Waals surface area contributed by atoms with Gasteiger partial charge in [0, 0.05) is 25.0 Å². The molecule has 0 aliphatic carbocycles. The highest BCUT2D eigenvalue weighted by molar-refractivity contribution is 7.96. The molecule has 6 heteroatoms. The lowest BCUT2D eigenvalue weighted by Crippen LogP contribution is -2.11. The second-order valence-electron chi connectivity index (χ2n) is 7.09. The number of carbonyl (C=O) groups is 1. The zero-order chi connectivity index (χ0) is 21.5. The van der Waals surface area contributed by atoms with E-state index in [0.717, 1.165) is 30.1 Å². The van der Waals surface area contributed by atoms with E-state index in [0.29, 0.717) is 0 Å². The van der Waals surface area contributed by atoms with Crippen LogP contribution in [0.5, 0.6) is 0 Å². The van der Waals surface area contributed by atoms with Crippen molar-refractivity contribution in [2.45, 2.75) is 20.4 Å². The van der Waals surface area contributed by atoms with Crippen molar-refractivity contribution in [3.05, 3.63) is 83.4 Å². The fourth-order valence-electron chi connectivity index (χ4n) is 3.14. The van der Waals surface area contributed by atoms with Crippen molar-refractivity contribution in [1.82, 2.24) is 0 Å². The number of nitrogens with one attached hydrogen (secondary N) is 1. The minimum absolute atomic E-state index is 0.338. The Hall–Kier alpha value is -2.96. The van der Waals surface area contributed by atoms with Crippen LogP contribution in [0, 0.1) is 13.8 Å². The van der Waals surface area contributed by atoms with Gasteiger partial charge >= 0.3 is 5.97 Å². The SMILES string of the molecule is Cc1ccccc1-c1cc(CNc2ccc(N(C)SOCC(=O)O)cc2)ccc1C. The molecule has 0 aliphatic rings. The standard InChI is InChI=1S/C24H26N2O3S/c1-17-6-4-5-7-22(17)23-14-19(9-8-18(23)2)15-25-20-10-12-21(13-11-20)26(3)30-29-16-24(27)28/h4-14,25H,15-16H2,1-3H3,(H,27,28). The van der Waals surface area contributed by atoms with Crippen LogP contribution in [0.25, 0.3) is 11.1 Å². The predicted octanol–water partition coefficient (Wildman–Crippen LogP) is 5.68. The first-order chi connectivity index (χ1) is 14.4.